The van der Waals surface area contributed by atoms with Crippen LogP contribution >= 0.6 is 24.0 Å². The lowest BCUT2D eigenvalue weighted by Crippen LogP contribution is -2.46. The van der Waals surface area contributed by atoms with Crippen LogP contribution in [0.25, 0.3) is 0 Å². The van der Waals surface area contributed by atoms with E-state index in [2.05, 4.69) is 16.7 Å². The molecule has 5 heteroatoms. The predicted octanol–water partition coefficient (Wildman–Crippen LogP) is 2.64. The van der Waals surface area contributed by atoms with Gasteiger partial charge < -0.3 is 9.64 Å². The van der Waals surface area contributed by atoms with E-state index in [1.807, 2.05) is 30.3 Å². The summed E-state index contributed by atoms with van der Waals surface area (Å²) < 4.78 is 6.68. The van der Waals surface area contributed by atoms with Gasteiger partial charge in [-0.3, -0.25) is 4.90 Å². The number of thioether (sulfide) groups is 1. The summed E-state index contributed by atoms with van der Waals surface area (Å²) in [6.45, 7) is 5.67. The molecule has 1 aromatic rings. The molecular formula is C13H18N2OS2. The number of benzene rings is 1. The van der Waals surface area contributed by atoms with Gasteiger partial charge in [-0.1, -0.05) is 49.1 Å². The summed E-state index contributed by atoms with van der Waals surface area (Å²) in [5, 5.41) is 0. The molecule has 1 aromatic carbocycles. The lowest BCUT2D eigenvalue weighted by molar-refractivity contribution is 0.192. The van der Waals surface area contributed by atoms with E-state index in [9.17, 15) is 0 Å². The van der Waals surface area contributed by atoms with Crippen molar-refractivity contribution in [1.82, 2.24) is 9.80 Å². The fraction of sp³-hybridized carbons (Fsp3) is 0.462. The maximum Gasteiger partial charge on any atom is 0.138 e. The highest BCUT2D eigenvalue weighted by molar-refractivity contribution is 8.22. The van der Waals surface area contributed by atoms with E-state index in [1.165, 1.54) is 0 Å². The number of ether oxygens (including phenoxy) is 1. The van der Waals surface area contributed by atoms with Crippen molar-refractivity contribution in [2.45, 2.75) is 6.92 Å². The Morgan fingerprint density at radius 2 is 2.11 bits per heavy atom. The van der Waals surface area contributed by atoms with Crippen molar-refractivity contribution in [3.63, 3.8) is 0 Å². The van der Waals surface area contributed by atoms with Crippen molar-refractivity contribution in [3.8, 4) is 5.75 Å². The summed E-state index contributed by atoms with van der Waals surface area (Å²) in [5.74, 6) is 1.92. The van der Waals surface area contributed by atoms with Crippen molar-refractivity contribution < 1.29 is 4.74 Å². The van der Waals surface area contributed by atoms with E-state index in [1.54, 1.807) is 11.8 Å². The molecule has 0 amide bonds. The Morgan fingerprint density at radius 1 is 1.33 bits per heavy atom. The molecule has 1 aliphatic heterocycles. The molecule has 0 radical (unpaired) electrons. The highest BCUT2D eigenvalue weighted by atomic mass is 32.2. The van der Waals surface area contributed by atoms with E-state index in [-0.39, 0.29) is 0 Å². The van der Waals surface area contributed by atoms with Crippen LogP contribution < -0.4 is 4.74 Å². The van der Waals surface area contributed by atoms with Crippen molar-refractivity contribution in [2.75, 3.05) is 32.2 Å². The molecule has 1 aliphatic rings. The lowest BCUT2D eigenvalue weighted by atomic mass is 10.3. The van der Waals surface area contributed by atoms with E-state index >= 15 is 0 Å². The Balaban J connectivity index is 1.77. The van der Waals surface area contributed by atoms with E-state index < -0.39 is 0 Å². The van der Waals surface area contributed by atoms with Gasteiger partial charge in [0.2, 0.25) is 0 Å². The molecule has 0 atom stereocenters. The van der Waals surface area contributed by atoms with Crippen LogP contribution in [0.15, 0.2) is 30.3 Å². The third-order valence-electron chi connectivity index (χ3n) is 2.82. The van der Waals surface area contributed by atoms with Crippen LogP contribution in [0.5, 0.6) is 5.75 Å². The van der Waals surface area contributed by atoms with Crippen LogP contribution in [-0.2, 0) is 0 Å². The maximum absolute atomic E-state index is 5.70. The summed E-state index contributed by atoms with van der Waals surface area (Å²) in [6, 6.07) is 9.90. The summed E-state index contributed by atoms with van der Waals surface area (Å²) in [4.78, 5) is 4.57. The number of para-hydroxylation sites is 1. The zero-order valence-corrected chi connectivity index (χ0v) is 12.2. The zero-order chi connectivity index (χ0) is 12.8. The minimum atomic E-state index is 0.669. The molecular weight excluding hydrogens is 264 g/mol. The van der Waals surface area contributed by atoms with Crippen LogP contribution in [0, 0.1) is 0 Å². The summed E-state index contributed by atoms with van der Waals surface area (Å²) >= 11 is 7.10. The van der Waals surface area contributed by atoms with Gasteiger partial charge in [-0.25, -0.2) is 0 Å². The van der Waals surface area contributed by atoms with Crippen molar-refractivity contribution in [3.05, 3.63) is 30.3 Å². The van der Waals surface area contributed by atoms with Gasteiger partial charge >= 0.3 is 0 Å². The molecule has 1 fully saturated rings. The molecule has 0 aliphatic carbocycles. The molecule has 1 heterocycles. The minimum Gasteiger partial charge on any atom is -0.492 e. The largest absolute Gasteiger partial charge is 0.492 e. The number of hydrogen-bond acceptors (Lipinski definition) is 4. The first-order valence-corrected chi connectivity index (χ1v) is 7.51. The Labute approximate surface area is 118 Å². The normalized spacial score (nSPS) is 16.9. The quantitative estimate of drug-likeness (QED) is 0.769. The lowest BCUT2D eigenvalue weighted by Gasteiger charge is -2.35. The first-order valence-electron chi connectivity index (χ1n) is 6.11. The van der Waals surface area contributed by atoms with Gasteiger partial charge in [0.1, 0.15) is 16.7 Å². The van der Waals surface area contributed by atoms with Crippen LogP contribution in [0.4, 0.5) is 0 Å². The summed E-state index contributed by atoms with van der Waals surface area (Å²) in [6.07, 6.45) is 0. The van der Waals surface area contributed by atoms with E-state index in [0.717, 1.165) is 35.7 Å². The molecule has 98 valence electrons. The average molecular weight is 282 g/mol. The molecule has 0 bridgehead atoms. The van der Waals surface area contributed by atoms with Crippen molar-refractivity contribution in [1.29, 1.82) is 0 Å². The first kappa shape index (κ1) is 13.6. The van der Waals surface area contributed by atoms with E-state index in [4.69, 9.17) is 17.0 Å². The van der Waals surface area contributed by atoms with Gasteiger partial charge in [-0.2, -0.15) is 0 Å². The molecule has 0 unspecified atom stereocenters. The predicted molar refractivity (Wildman–Crippen MR) is 80.9 cm³/mol. The van der Waals surface area contributed by atoms with Gasteiger partial charge in [0.25, 0.3) is 0 Å². The molecule has 0 N–H and O–H groups in total. The topological polar surface area (TPSA) is 15.7 Å². The Hall–Kier alpha value is -0.780. The summed E-state index contributed by atoms with van der Waals surface area (Å²) in [7, 11) is 0. The Morgan fingerprint density at radius 3 is 2.83 bits per heavy atom. The average Bonchev–Trinajstić information content (AvgIpc) is 2.42. The van der Waals surface area contributed by atoms with E-state index in [0.29, 0.717) is 6.61 Å². The molecule has 0 saturated carbocycles. The smallest absolute Gasteiger partial charge is 0.138 e. The van der Waals surface area contributed by atoms with Gasteiger partial charge in [0.15, 0.2) is 0 Å². The molecule has 0 spiro atoms. The van der Waals surface area contributed by atoms with Crippen LogP contribution in [0.1, 0.15) is 6.92 Å². The fourth-order valence-electron chi connectivity index (χ4n) is 1.72. The van der Waals surface area contributed by atoms with Crippen molar-refractivity contribution in [2.24, 2.45) is 0 Å². The standard InChI is InChI=1S/C13H18N2OS2/c1-2-14-10-15(13(17)18-11-14)8-9-16-12-6-4-3-5-7-12/h3-7H,2,8-11H2,1H3. The molecule has 18 heavy (non-hydrogen) atoms. The van der Waals surface area contributed by atoms with Gasteiger partial charge in [-0.05, 0) is 18.7 Å². The van der Waals surface area contributed by atoms with Gasteiger partial charge in [-0.15, -0.1) is 0 Å². The fourth-order valence-corrected chi connectivity index (χ4v) is 2.92. The number of nitrogens with zero attached hydrogens (tertiary/aromatic N) is 2. The maximum atomic E-state index is 5.70. The molecule has 3 nitrogen and oxygen atoms in total. The van der Waals surface area contributed by atoms with Crippen LogP contribution in [0.3, 0.4) is 0 Å². The van der Waals surface area contributed by atoms with Gasteiger partial charge in [0, 0.05) is 0 Å². The highest BCUT2D eigenvalue weighted by Gasteiger charge is 2.19. The Bertz CT molecular complexity index is 386. The SMILES string of the molecule is CCN1CSC(=S)N(CCOc2ccccc2)C1. The second-order valence-electron chi connectivity index (χ2n) is 4.09. The summed E-state index contributed by atoms with van der Waals surface area (Å²) in [5.41, 5.74) is 0. The molecule has 2 rings (SSSR count). The number of rotatable bonds is 5. The second-order valence-corrected chi connectivity index (χ2v) is 5.67. The molecule has 1 saturated heterocycles. The monoisotopic (exact) mass is 282 g/mol. The Kier molecular flexibility index (Phi) is 5.28. The highest BCUT2D eigenvalue weighted by Crippen LogP contribution is 2.18. The first-order chi connectivity index (χ1) is 8.79. The molecule has 0 aromatic heterocycles. The zero-order valence-electron chi connectivity index (χ0n) is 10.5. The number of hydrogen-bond donors (Lipinski definition) is 0. The van der Waals surface area contributed by atoms with Crippen LogP contribution in [0.2, 0.25) is 0 Å². The second kappa shape index (κ2) is 6.97. The third kappa shape index (κ3) is 3.86. The third-order valence-corrected chi connectivity index (χ3v) is 4.43. The van der Waals surface area contributed by atoms with Crippen LogP contribution in [-0.4, -0.2) is 46.4 Å². The minimum absolute atomic E-state index is 0.669. The van der Waals surface area contributed by atoms with Gasteiger partial charge in [0.05, 0.1) is 19.1 Å². The van der Waals surface area contributed by atoms with Crippen molar-refractivity contribution >= 4 is 28.3 Å². The number of thiocarbonyl (C=S) groups is 1.